The number of H-pyrrole nitrogens is 1. The molecule has 24 heavy (non-hydrogen) atoms. The molecule has 0 radical (unpaired) electrons. The van der Waals surface area contributed by atoms with Crippen molar-refractivity contribution in [1.82, 2.24) is 14.9 Å². The Labute approximate surface area is 140 Å². The third-order valence-electron chi connectivity index (χ3n) is 4.04. The molecule has 2 heterocycles. The number of halogens is 2. The van der Waals surface area contributed by atoms with E-state index in [1.165, 1.54) is 22.9 Å². The van der Waals surface area contributed by atoms with Gasteiger partial charge in [0.05, 0.1) is 23.8 Å². The van der Waals surface area contributed by atoms with E-state index in [0.717, 1.165) is 5.39 Å². The summed E-state index contributed by atoms with van der Waals surface area (Å²) in [5.41, 5.74) is 1.97. The Balaban J connectivity index is 1.74. The van der Waals surface area contributed by atoms with Gasteiger partial charge in [-0.05, 0) is 23.8 Å². The maximum absolute atomic E-state index is 15.0. The highest BCUT2D eigenvalue weighted by Crippen LogP contribution is 2.56. The number of hydrogen-bond acceptors (Lipinski definition) is 2. The second kappa shape index (κ2) is 5.58. The minimum absolute atomic E-state index is 0.248. The molecule has 1 aromatic heterocycles. The van der Waals surface area contributed by atoms with E-state index in [9.17, 15) is 9.18 Å². The van der Waals surface area contributed by atoms with E-state index in [1.807, 2.05) is 6.07 Å². The molecular formula is C16H13F2N3OP2. The molecule has 4 nitrogen and oxygen atoms in total. The average Bonchev–Trinajstić information content (AvgIpc) is 3.03. The number of benzene rings is 2. The van der Waals surface area contributed by atoms with E-state index >= 15 is 4.39 Å². The molecule has 0 saturated heterocycles. The van der Waals surface area contributed by atoms with E-state index in [0.29, 0.717) is 16.6 Å². The smallest absolute Gasteiger partial charge is 0.259 e. The van der Waals surface area contributed by atoms with Gasteiger partial charge in [-0.15, -0.1) is 0 Å². The number of para-hydroxylation sites is 1. The highest BCUT2D eigenvalue weighted by molar-refractivity contribution is 7.49. The summed E-state index contributed by atoms with van der Waals surface area (Å²) in [4.78, 5) is 12.9. The van der Waals surface area contributed by atoms with E-state index < -0.39 is 19.7 Å². The number of amides is 1. The monoisotopic (exact) mass is 363 g/mol. The lowest BCUT2D eigenvalue weighted by Crippen LogP contribution is -2.31. The summed E-state index contributed by atoms with van der Waals surface area (Å²) in [6.07, 6.45) is 1.64. The Bertz CT molecular complexity index is 957. The molecule has 8 heteroatoms. The summed E-state index contributed by atoms with van der Waals surface area (Å²) in [5.74, 6) is -0.757. The maximum Gasteiger partial charge on any atom is 0.259 e. The van der Waals surface area contributed by atoms with E-state index in [4.69, 9.17) is 0 Å². The lowest BCUT2D eigenvalue weighted by Gasteiger charge is -2.36. The van der Waals surface area contributed by atoms with E-state index in [-0.39, 0.29) is 18.0 Å². The van der Waals surface area contributed by atoms with Crippen molar-refractivity contribution in [3.05, 3.63) is 65.1 Å². The normalized spacial score (nSPS) is 21.2. The highest BCUT2D eigenvalue weighted by Gasteiger charge is 2.39. The lowest BCUT2D eigenvalue weighted by molar-refractivity contribution is 0.0855. The van der Waals surface area contributed by atoms with Crippen LogP contribution < -0.4 is 0 Å². The summed E-state index contributed by atoms with van der Waals surface area (Å²) in [6.45, 7) is 0.248. The van der Waals surface area contributed by atoms with Crippen LogP contribution in [0.15, 0.2) is 42.6 Å². The van der Waals surface area contributed by atoms with Gasteiger partial charge in [-0.3, -0.25) is 9.89 Å². The van der Waals surface area contributed by atoms with Gasteiger partial charge in [0, 0.05) is 19.7 Å². The van der Waals surface area contributed by atoms with Crippen LogP contribution in [0.3, 0.4) is 0 Å². The van der Waals surface area contributed by atoms with Crippen LogP contribution in [0, 0.1) is 5.82 Å². The highest BCUT2D eigenvalue weighted by atomic mass is 31.1. The molecule has 3 atom stereocenters. The van der Waals surface area contributed by atoms with Crippen molar-refractivity contribution in [3.63, 3.8) is 0 Å². The predicted molar refractivity (Wildman–Crippen MR) is 93.2 cm³/mol. The molecule has 1 aliphatic heterocycles. The SMILES string of the molecule is O=C(c1cccc2cn[nH]c12)N1Cc2ccc(F)cc2C(F)(P)P1. The minimum Gasteiger partial charge on any atom is -0.312 e. The van der Waals surface area contributed by atoms with Crippen LogP contribution in [0.2, 0.25) is 0 Å². The second-order valence-corrected chi connectivity index (χ2v) is 8.52. The number of carbonyl (C=O) groups is 1. The van der Waals surface area contributed by atoms with Crippen LogP contribution in [-0.2, 0) is 11.7 Å². The number of hydrogen-bond donors (Lipinski definition) is 1. The van der Waals surface area contributed by atoms with Crippen LogP contribution in [0.1, 0.15) is 21.5 Å². The molecular weight excluding hydrogens is 350 g/mol. The van der Waals surface area contributed by atoms with Crippen molar-refractivity contribution in [3.8, 4) is 0 Å². The summed E-state index contributed by atoms with van der Waals surface area (Å²) in [6, 6.07) is 9.32. The molecule has 3 aromatic rings. The van der Waals surface area contributed by atoms with Crippen LogP contribution >= 0.6 is 18.0 Å². The maximum atomic E-state index is 15.0. The van der Waals surface area contributed by atoms with Crippen molar-refractivity contribution in [1.29, 1.82) is 0 Å². The fourth-order valence-corrected chi connectivity index (χ4v) is 4.86. The Morgan fingerprint density at radius 3 is 3.04 bits per heavy atom. The van der Waals surface area contributed by atoms with Crippen molar-refractivity contribution < 1.29 is 13.6 Å². The summed E-state index contributed by atoms with van der Waals surface area (Å²) >= 11 is 0. The molecule has 4 rings (SSSR count). The Morgan fingerprint density at radius 2 is 2.21 bits per heavy atom. The molecule has 0 fully saturated rings. The molecule has 3 unspecified atom stereocenters. The lowest BCUT2D eigenvalue weighted by atomic mass is 10.1. The van der Waals surface area contributed by atoms with E-state index in [1.54, 1.807) is 18.3 Å². The number of carbonyl (C=O) groups excluding carboxylic acids is 1. The van der Waals surface area contributed by atoms with Gasteiger partial charge in [0.2, 0.25) is 0 Å². The molecule has 1 N–H and O–H groups in total. The number of rotatable bonds is 1. The van der Waals surface area contributed by atoms with Gasteiger partial charge in [-0.2, -0.15) is 5.10 Å². The quantitative estimate of drug-likeness (QED) is 0.667. The largest absolute Gasteiger partial charge is 0.312 e. The van der Waals surface area contributed by atoms with Crippen molar-refractivity contribution in [2.24, 2.45) is 0 Å². The Morgan fingerprint density at radius 1 is 1.38 bits per heavy atom. The fourth-order valence-electron chi connectivity index (χ4n) is 2.91. The zero-order valence-electron chi connectivity index (χ0n) is 12.4. The summed E-state index contributed by atoms with van der Waals surface area (Å²) in [5, 5.41) is 5.73. The summed E-state index contributed by atoms with van der Waals surface area (Å²) in [7, 11) is 1.66. The molecule has 0 spiro atoms. The standard InChI is InChI=1S/C16H13F2N3OP2/c17-11-5-4-10-8-21(24-16(18,23)13(10)6-11)15(22)12-3-1-2-9-7-19-20-14(9)12/h1-7,24H,8,23H2,(H,19,20). The molecule has 0 aliphatic carbocycles. The zero-order chi connectivity index (χ0) is 16.9. The molecule has 2 aromatic carbocycles. The first-order valence-electron chi connectivity index (χ1n) is 7.24. The third kappa shape index (κ3) is 2.51. The van der Waals surface area contributed by atoms with Crippen LogP contribution in [-0.4, -0.2) is 20.8 Å². The Kier molecular flexibility index (Phi) is 3.63. The number of aromatic amines is 1. The molecule has 1 aliphatic rings. The number of aromatic nitrogens is 2. The van der Waals surface area contributed by atoms with Gasteiger partial charge in [-0.1, -0.05) is 27.4 Å². The minimum atomic E-state index is -1.85. The molecule has 0 saturated carbocycles. The van der Waals surface area contributed by atoms with Gasteiger partial charge in [0.15, 0.2) is 5.15 Å². The molecule has 0 bridgehead atoms. The average molecular weight is 363 g/mol. The van der Waals surface area contributed by atoms with E-state index in [2.05, 4.69) is 19.4 Å². The topological polar surface area (TPSA) is 49.0 Å². The zero-order valence-corrected chi connectivity index (χ0v) is 14.5. The number of nitrogens with zero attached hydrogens (tertiary/aromatic N) is 2. The van der Waals surface area contributed by atoms with Gasteiger partial charge in [0.1, 0.15) is 5.82 Å². The van der Waals surface area contributed by atoms with Crippen molar-refractivity contribution in [2.75, 3.05) is 0 Å². The first kappa shape index (κ1) is 15.6. The number of alkyl halides is 1. The van der Waals surface area contributed by atoms with Crippen molar-refractivity contribution >= 4 is 34.8 Å². The molecule has 122 valence electrons. The number of nitrogens with one attached hydrogen (secondary N) is 1. The summed E-state index contributed by atoms with van der Waals surface area (Å²) < 4.78 is 29.9. The first-order chi connectivity index (χ1) is 11.5. The first-order valence-corrected chi connectivity index (χ1v) is 8.76. The second-order valence-electron chi connectivity index (χ2n) is 5.66. The van der Waals surface area contributed by atoms with Crippen LogP contribution in [0.4, 0.5) is 8.78 Å². The van der Waals surface area contributed by atoms with Gasteiger partial charge in [-0.25, -0.2) is 8.78 Å². The van der Waals surface area contributed by atoms with Gasteiger partial charge in [0.25, 0.3) is 5.91 Å². The van der Waals surface area contributed by atoms with Crippen LogP contribution in [0.25, 0.3) is 10.9 Å². The Hall–Kier alpha value is -1.90. The van der Waals surface area contributed by atoms with Gasteiger partial charge < -0.3 is 4.67 Å². The third-order valence-corrected chi connectivity index (χ3v) is 5.97. The molecule has 1 amide bonds. The fraction of sp³-hybridized carbons (Fsp3) is 0.125. The predicted octanol–water partition coefficient (Wildman–Crippen LogP) is 3.91. The van der Waals surface area contributed by atoms with Crippen LogP contribution in [0.5, 0.6) is 0 Å². The van der Waals surface area contributed by atoms with Gasteiger partial charge >= 0.3 is 0 Å². The van der Waals surface area contributed by atoms with Crippen molar-refractivity contribution in [2.45, 2.75) is 11.7 Å². The number of fused-ring (bicyclic) bond motifs is 2.